The van der Waals surface area contributed by atoms with E-state index in [0.717, 1.165) is 15.6 Å². The van der Waals surface area contributed by atoms with Gasteiger partial charge in [-0.15, -0.1) is 0 Å². The molecular weight excluding hydrogens is 328 g/mol. The second kappa shape index (κ2) is 7.38. The van der Waals surface area contributed by atoms with Crippen LogP contribution in [-0.4, -0.2) is 23.9 Å². The normalized spacial score (nSPS) is 12.0. The molecule has 2 aromatic rings. The first kappa shape index (κ1) is 15.7. The molecule has 0 spiro atoms. The third kappa shape index (κ3) is 4.69. The van der Waals surface area contributed by atoms with Gasteiger partial charge in [-0.05, 0) is 29.7 Å². The number of benzene rings is 2. The SMILES string of the molecule is CN(Cc1cccc(Br)c1)C(=O)C(N)Cc1ccccc1. The van der Waals surface area contributed by atoms with Crippen LogP contribution in [0.2, 0.25) is 0 Å². The molecule has 0 aliphatic heterocycles. The zero-order chi connectivity index (χ0) is 15.2. The number of carbonyl (C=O) groups excluding carboxylic acids is 1. The number of rotatable bonds is 5. The molecule has 0 saturated heterocycles. The van der Waals surface area contributed by atoms with Gasteiger partial charge in [-0.2, -0.15) is 0 Å². The first-order valence-corrected chi connectivity index (χ1v) is 7.64. The fraction of sp³-hybridized carbons (Fsp3) is 0.235. The number of nitrogens with two attached hydrogens (primary N) is 1. The van der Waals surface area contributed by atoms with E-state index in [1.54, 1.807) is 11.9 Å². The largest absolute Gasteiger partial charge is 0.340 e. The topological polar surface area (TPSA) is 46.3 Å². The van der Waals surface area contributed by atoms with Crippen molar-refractivity contribution in [2.24, 2.45) is 5.73 Å². The van der Waals surface area contributed by atoms with Crippen LogP contribution in [0.1, 0.15) is 11.1 Å². The van der Waals surface area contributed by atoms with Crippen molar-refractivity contribution in [1.29, 1.82) is 0 Å². The van der Waals surface area contributed by atoms with E-state index in [4.69, 9.17) is 5.73 Å². The van der Waals surface area contributed by atoms with Crippen LogP contribution in [0.5, 0.6) is 0 Å². The lowest BCUT2D eigenvalue weighted by atomic mass is 10.1. The predicted octanol–water partition coefficient (Wildman–Crippen LogP) is 2.98. The minimum atomic E-state index is -0.510. The van der Waals surface area contributed by atoms with E-state index < -0.39 is 6.04 Å². The Labute approximate surface area is 133 Å². The molecule has 0 bridgehead atoms. The first-order valence-electron chi connectivity index (χ1n) is 6.85. The maximum Gasteiger partial charge on any atom is 0.239 e. The van der Waals surface area contributed by atoms with Gasteiger partial charge in [0.25, 0.3) is 0 Å². The molecule has 0 saturated carbocycles. The van der Waals surface area contributed by atoms with E-state index in [9.17, 15) is 4.79 Å². The van der Waals surface area contributed by atoms with Gasteiger partial charge in [0.1, 0.15) is 0 Å². The molecule has 0 radical (unpaired) electrons. The molecule has 0 heterocycles. The quantitative estimate of drug-likeness (QED) is 0.904. The molecule has 2 aromatic carbocycles. The van der Waals surface area contributed by atoms with Gasteiger partial charge in [0.15, 0.2) is 0 Å². The summed E-state index contributed by atoms with van der Waals surface area (Å²) in [5, 5.41) is 0. The minimum absolute atomic E-state index is 0.0428. The lowest BCUT2D eigenvalue weighted by molar-refractivity contribution is -0.131. The van der Waals surface area contributed by atoms with Crippen molar-refractivity contribution >= 4 is 21.8 Å². The Kier molecular flexibility index (Phi) is 5.53. The van der Waals surface area contributed by atoms with Crippen molar-refractivity contribution in [1.82, 2.24) is 4.90 Å². The Morgan fingerprint density at radius 2 is 1.81 bits per heavy atom. The number of carbonyl (C=O) groups is 1. The Morgan fingerprint density at radius 3 is 2.48 bits per heavy atom. The third-order valence-electron chi connectivity index (χ3n) is 3.30. The minimum Gasteiger partial charge on any atom is -0.340 e. The number of hydrogen-bond donors (Lipinski definition) is 1. The van der Waals surface area contributed by atoms with Crippen LogP contribution in [0, 0.1) is 0 Å². The highest BCUT2D eigenvalue weighted by atomic mass is 79.9. The highest BCUT2D eigenvalue weighted by molar-refractivity contribution is 9.10. The van der Waals surface area contributed by atoms with E-state index in [1.165, 1.54) is 0 Å². The second-order valence-electron chi connectivity index (χ2n) is 5.12. The highest BCUT2D eigenvalue weighted by Crippen LogP contribution is 2.13. The van der Waals surface area contributed by atoms with Gasteiger partial charge >= 0.3 is 0 Å². The maximum atomic E-state index is 12.3. The van der Waals surface area contributed by atoms with Crippen molar-refractivity contribution in [3.05, 3.63) is 70.2 Å². The van der Waals surface area contributed by atoms with Crippen LogP contribution >= 0.6 is 15.9 Å². The maximum absolute atomic E-state index is 12.3. The molecule has 0 aromatic heterocycles. The Hall–Kier alpha value is -1.65. The van der Waals surface area contributed by atoms with Crippen LogP contribution < -0.4 is 5.73 Å². The van der Waals surface area contributed by atoms with Crippen LogP contribution in [0.25, 0.3) is 0 Å². The summed E-state index contributed by atoms with van der Waals surface area (Å²) in [7, 11) is 1.79. The summed E-state index contributed by atoms with van der Waals surface area (Å²) < 4.78 is 1.01. The van der Waals surface area contributed by atoms with Gasteiger partial charge in [0, 0.05) is 18.1 Å². The predicted molar refractivity (Wildman–Crippen MR) is 88.7 cm³/mol. The average molecular weight is 347 g/mol. The second-order valence-corrected chi connectivity index (χ2v) is 6.04. The molecule has 1 unspecified atom stereocenters. The molecule has 0 fully saturated rings. The van der Waals surface area contributed by atoms with Crippen molar-refractivity contribution < 1.29 is 4.79 Å². The van der Waals surface area contributed by atoms with Crippen LogP contribution in [0.4, 0.5) is 0 Å². The third-order valence-corrected chi connectivity index (χ3v) is 3.79. The van der Waals surface area contributed by atoms with Crippen LogP contribution in [0.3, 0.4) is 0 Å². The van der Waals surface area contributed by atoms with Gasteiger partial charge in [-0.25, -0.2) is 0 Å². The van der Waals surface area contributed by atoms with Gasteiger partial charge in [0.05, 0.1) is 6.04 Å². The van der Waals surface area contributed by atoms with Gasteiger partial charge in [0.2, 0.25) is 5.91 Å². The monoisotopic (exact) mass is 346 g/mol. The number of likely N-dealkylation sites (N-methyl/N-ethyl adjacent to an activating group) is 1. The molecule has 3 nitrogen and oxygen atoms in total. The first-order chi connectivity index (χ1) is 10.1. The highest BCUT2D eigenvalue weighted by Gasteiger charge is 2.18. The Morgan fingerprint density at radius 1 is 1.14 bits per heavy atom. The van der Waals surface area contributed by atoms with Crippen molar-refractivity contribution in [2.45, 2.75) is 19.0 Å². The average Bonchev–Trinajstić information content (AvgIpc) is 2.47. The molecule has 0 aliphatic carbocycles. The molecule has 1 amide bonds. The molecule has 4 heteroatoms. The van der Waals surface area contributed by atoms with E-state index >= 15 is 0 Å². The number of nitrogens with zero attached hydrogens (tertiary/aromatic N) is 1. The van der Waals surface area contributed by atoms with Crippen LogP contribution in [-0.2, 0) is 17.8 Å². The zero-order valence-corrected chi connectivity index (χ0v) is 13.6. The van der Waals surface area contributed by atoms with E-state index in [0.29, 0.717) is 13.0 Å². The smallest absolute Gasteiger partial charge is 0.239 e. The summed E-state index contributed by atoms with van der Waals surface area (Å²) in [6, 6.07) is 17.3. The summed E-state index contributed by atoms with van der Waals surface area (Å²) >= 11 is 3.43. The molecule has 2 N–H and O–H groups in total. The molecule has 21 heavy (non-hydrogen) atoms. The Bertz CT molecular complexity index is 601. The summed E-state index contributed by atoms with van der Waals surface area (Å²) in [5.74, 6) is -0.0428. The molecule has 2 rings (SSSR count). The van der Waals surface area contributed by atoms with Crippen molar-refractivity contribution in [3.8, 4) is 0 Å². The molecule has 110 valence electrons. The standard InChI is InChI=1S/C17H19BrN2O/c1-20(12-14-8-5-9-15(18)10-14)17(21)16(19)11-13-6-3-2-4-7-13/h2-10,16H,11-12,19H2,1H3. The fourth-order valence-corrected chi connectivity index (χ4v) is 2.67. The van der Waals surface area contributed by atoms with Gasteiger partial charge < -0.3 is 10.6 Å². The fourth-order valence-electron chi connectivity index (χ4n) is 2.23. The summed E-state index contributed by atoms with van der Waals surface area (Å²) in [6.45, 7) is 0.556. The van der Waals surface area contributed by atoms with Gasteiger partial charge in [-0.3, -0.25) is 4.79 Å². The van der Waals surface area contributed by atoms with Crippen molar-refractivity contribution in [2.75, 3.05) is 7.05 Å². The molecule has 1 atom stereocenters. The Balaban J connectivity index is 1.95. The van der Waals surface area contributed by atoms with E-state index in [2.05, 4.69) is 15.9 Å². The van der Waals surface area contributed by atoms with Crippen LogP contribution in [0.15, 0.2) is 59.1 Å². The van der Waals surface area contributed by atoms with Gasteiger partial charge in [-0.1, -0.05) is 58.4 Å². The number of hydrogen-bond acceptors (Lipinski definition) is 2. The van der Waals surface area contributed by atoms with E-state index in [-0.39, 0.29) is 5.91 Å². The van der Waals surface area contributed by atoms with E-state index in [1.807, 2.05) is 54.6 Å². The summed E-state index contributed by atoms with van der Waals surface area (Å²) in [5.41, 5.74) is 8.19. The molecule has 0 aliphatic rings. The molecular formula is C17H19BrN2O. The number of amides is 1. The lowest BCUT2D eigenvalue weighted by Crippen LogP contribution is -2.42. The van der Waals surface area contributed by atoms with Crippen molar-refractivity contribution in [3.63, 3.8) is 0 Å². The summed E-state index contributed by atoms with van der Waals surface area (Å²) in [6.07, 6.45) is 0.558. The zero-order valence-electron chi connectivity index (χ0n) is 12.0. The summed E-state index contributed by atoms with van der Waals surface area (Å²) in [4.78, 5) is 14.0. The lowest BCUT2D eigenvalue weighted by Gasteiger charge is -2.21. The number of halogens is 1.